The van der Waals surface area contributed by atoms with Crippen LogP contribution in [0.4, 0.5) is 8.78 Å². The summed E-state index contributed by atoms with van der Waals surface area (Å²) in [5, 5.41) is 10.1. The van der Waals surface area contributed by atoms with E-state index in [1.807, 2.05) is 32.0 Å². The predicted octanol–water partition coefficient (Wildman–Crippen LogP) is 6.44. The van der Waals surface area contributed by atoms with Crippen molar-refractivity contribution in [2.45, 2.75) is 63.6 Å². The number of rotatable bonds is 16. The van der Waals surface area contributed by atoms with Gasteiger partial charge in [0.15, 0.2) is 0 Å². The first-order valence-corrected chi connectivity index (χ1v) is 16.3. The van der Waals surface area contributed by atoms with Gasteiger partial charge in [0.1, 0.15) is 17.9 Å². The van der Waals surface area contributed by atoms with E-state index in [-0.39, 0.29) is 29.3 Å². The molecule has 10 heteroatoms. The van der Waals surface area contributed by atoms with E-state index in [0.717, 1.165) is 31.7 Å². The minimum absolute atomic E-state index is 0.107. The van der Waals surface area contributed by atoms with Crippen molar-refractivity contribution in [2.75, 3.05) is 26.7 Å². The molecular formula is C37H43F2N5O3. The summed E-state index contributed by atoms with van der Waals surface area (Å²) in [5.74, 6) is -1.75. The molecule has 1 atom stereocenters. The smallest absolute Gasteiger partial charge is 0.253 e. The van der Waals surface area contributed by atoms with Gasteiger partial charge in [-0.1, -0.05) is 44.2 Å². The largest absolute Gasteiger partial charge is 0.445 e. The molecule has 47 heavy (non-hydrogen) atoms. The highest BCUT2D eigenvalue weighted by Gasteiger charge is 2.44. The van der Waals surface area contributed by atoms with Crippen molar-refractivity contribution in [3.8, 4) is 11.5 Å². The fourth-order valence-electron chi connectivity index (χ4n) is 6.20. The number of oxazole rings is 1. The fourth-order valence-corrected chi connectivity index (χ4v) is 6.20. The molecular weight excluding hydrogens is 600 g/mol. The molecule has 1 saturated carbocycles. The minimum atomic E-state index is -1.10. The number of carbonyl (C=O) groups is 2. The average Bonchev–Trinajstić information content (AvgIpc) is 3.64. The van der Waals surface area contributed by atoms with Gasteiger partial charge in [-0.15, -0.1) is 0 Å². The number of likely N-dealkylation sites (N-methyl/N-ethyl adjacent to an activating group) is 1. The van der Waals surface area contributed by atoms with E-state index in [2.05, 4.69) is 33.1 Å². The van der Waals surface area contributed by atoms with Crippen molar-refractivity contribution in [3.63, 3.8) is 0 Å². The number of hydrogen-bond donors (Lipinski definition) is 3. The third kappa shape index (κ3) is 8.31. The van der Waals surface area contributed by atoms with E-state index >= 15 is 0 Å². The molecule has 8 nitrogen and oxygen atoms in total. The van der Waals surface area contributed by atoms with Gasteiger partial charge < -0.3 is 20.0 Å². The Balaban J connectivity index is 1.46. The van der Waals surface area contributed by atoms with E-state index in [0.29, 0.717) is 42.7 Å². The minimum Gasteiger partial charge on any atom is -0.445 e. The quantitative estimate of drug-likeness (QED) is 0.122. The van der Waals surface area contributed by atoms with Crippen molar-refractivity contribution < 1.29 is 22.8 Å². The molecule has 1 aliphatic carbocycles. The van der Waals surface area contributed by atoms with Crippen LogP contribution in [-0.2, 0) is 12.0 Å². The van der Waals surface area contributed by atoms with Crippen LogP contribution < -0.4 is 16.0 Å². The molecule has 0 radical (unpaired) electrons. The van der Waals surface area contributed by atoms with E-state index in [1.165, 1.54) is 30.2 Å². The van der Waals surface area contributed by atoms with Crippen LogP contribution in [0.5, 0.6) is 0 Å². The third-order valence-electron chi connectivity index (χ3n) is 8.75. The summed E-state index contributed by atoms with van der Waals surface area (Å²) < 4.78 is 34.1. The van der Waals surface area contributed by atoms with Gasteiger partial charge in [0.05, 0.1) is 11.9 Å². The van der Waals surface area contributed by atoms with Crippen LogP contribution >= 0.6 is 0 Å². The van der Waals surface area contributed by atoms with E-state index in [4.69, 9.17) is 4.42 Å². The second-order valence-electron chi connectivity index (χ2n) is 12.3. The van der Waals surface area contributed by atoms with Gasteiger partial charge in [-0.3, -0.25) is 14.9 Å². The molecule has 248 valence electrons. The molecule has 5 rings (SSSR count). The highest BCUT2D eigenvalue weighted by Crippen LogP contribution is 2.45. The number of halogens is 2. The maximum atomic E-state index is 14.3. The van der Waals surface area contributed by atoms with Crippen LogP contribution in [0.3, 0.4) is 0 Å². The standard InChI is InChI=1S/C37H43F2N5O3/c1-4-16-44(17-5-2)35(46)29-22-27(21-28(23-29)34-41-15-18-47-34)33(45)43-37(40-3,25-26-19-31(38)24-32(39)20-26)13-14-42-36(11-12-36)30-9-7-6-8-10-30/h6-10,15,18-24,40,42H,4-5,11-14,16-17,25H2,1-3H3,(H,43,45)/t37-/m1/s1. The molecule has 1 heterocycles. The molecule has 0 spiro atoms. The lowest BCUT2D eigenvalue weighted by Gasteiger charge is -2.36. The normalized spacial score (nSPS) is 14.7. The molecule has 1 fully saturated rings. The Morgan fingerprint density at radius 1 is 0.957 bits per heavy atom. The number of amides is 2. The van der Waals surface area contributed by atoms with Gasteiger partial charge in [0, 0.05) is 47.8 Å². The lowest BCUT2D eigenvalue weighted by molar-refractivity contribution is 0.0755. The molecule has 0 aliphatic heterocycles. The van der Waals surface area contributed by atoms with Crippen LogP contribution in [0.15, 0.2) is 83.6 Å². The Labute approximate surface area is 275 Å². The second kappa shape index (κ2) is 15.0. The molecule has 4 aromatic rings. The first-order chi connectivity index (χ1) is 22.7. The molecule has 0 unspecified atom stereocenters. The number of carbonyl (C=O) groups excluding carboxylic acids is 2. The zero-order valence-electron chi connectivity index (χ0n) is 27.2. The van der Waals surface area contributed by atoms with Crippen LogP contribution in [0.1, 0.15) is 77.8 Å². The lowest BCUT2D eigenvalue weighted by atomic mass is 9.94. The zero-order chi connectivity index (χ0) is 33.4. The Hall–Kier alpha value is -4.41. The van der Waals surface area contributed by atoms with Gasteiger partial charge in [-0.2, -0.15) is 0 Å². The van der Waals surface area contributed by atoms with Crippen LogP contribution in [0, 0.1) is 11.6 Å². The molecule has 2 amide bonds. The average molecular weight is 644 g/mol. The Bertz CT molecular complexity index is 1630. The van der Waals surface area contributed by atoms with Crippen LogP contribution in [-0.4, -0.2) is 54.0 Å². The Kier molecular flexibility index (Phi) is 10.8. The number of hydrogen-bond acceptors (Lipinski definition) is 6. The first kappa shape index (κ1) is 33.9. The summed E-state index contributed by atoms with van der Waals surface area (Å²) in [5.41, 5.74) is 1.41. The van der Waals surface area contributed by atoms with Gasteiger partial charge in [-0.25, -0.2) is 13.8 Å². The van der Waals surface area contributed by atoms with E-state index in [1.54, 1.807) is 30.1 Å². The van der Waals surface area contributed by atoms with Gasteiger partial charge in [0.2, 0.25) is 5.89 Å². The molecule has 1 aliphatic rings. The summed E-state index contributed by atoms with van der Waals surface area (Å²) in [4.78, 5) is 33.9. The van der Waals surface area contributed by atoms with E-state index in [9.17, 15) is 18.4 Å². The van der Waals surface area contributed by atoms with Crippen LogP contribution in [0.2, 0.25) is 0 Å². The summed E-state index contributed by atoms with van der Waals surface area (Å²) in [6, 6.07) is 18.5. The molecule has 0 bridgehead atoms. The van der Waals surface area contributed by atoms with Crippen molar-refractivity contribution in [3.05, 3.63) is 113 Å². The maximum Gasteiger partial charge on any atom is 0.253 e. The van der Waals surface area contributed by atoms with Gasteiger partial charge in [0.25, 0.3) is 11.8 Å². The maximum absolute atomic E-state index is 14.3. The van der Waals surface area contributed by atoms with E-state index < -0.39 is 23.2 Å². The van der Waals surface area contributed by atoms with Crippen molar-refractivity contribution in [1.29, 1.82) is 0 Å². The number of benzene rings is 3. The zero-order valence-corrected chi connectivity index (χ0v) is 27.2. The highest BCUT2D eigenvalue weighted by molar-refractivity contribution is 6.01. The Morgan fingerprint density at radius 3 is 2.23 bits per heavy atom. The molecule has 0 saturated heterocycles. The van der Waals surface area contributed by atoms with Crippen molar-refractivity contribution >= 4 is 11.8 Å². The monoisotopic (exact) mass is 643 g/mol. The first-order valence-electron chi connectivity index (χ1n) is 16.3. The second-order valence-corrected chi connectivity index (χ2v) is 12.3. The topological polar surface area (TPSA) is 99.5 Å². The number of aromatic nitrogens is 1. The molecule has 3 aromatic carbocycles. The third-order valence-corrected chi connectivity index (χ3v) is 8.75. The SMILES string of the molecule is CCCN(CCC)C(=O)c1cc(C(=O)N[C@](CCNC2(c3ccccc3)CC2)(Cc2cc(F)cc(F)c2)NC)cc(-c2ncco2)c1. The number of nitrogens with one attached hydrogen (secondary N) is 3. The summed E-state index contributed by atoms with van der Waals surface area (Å²) in [6.45, 7) is 5.71. The van der Waals surface area contributed by atoms with Gasteiger partial charge >= 0.3 is 0 Å². The van der Waals surface area contributed by atoms with Crippen molar-refractivity contribution in [2.24, 2.45) is 0 Å². The molecule has 3 N–H and O–H groups in total. The fraction of sp³-hybridized carbons (Fsp3) is 0.378. The van der Waals surface area contributed by atoms with Gasteiger partial charge in [-0.05, 0) is 87.2 Å². The summed E-state index contributed by atoms with van der Waals surface area (Å²) in [7, 11) is 1.71. The van der Waals surface area contributed by atoms with Crippen molar-refractivity contribution in [1.82, 2.24) is 25.8 Å². The summed E-state index contributed by atoms with van der Waals surface area (Å²) >= 11 is 0. The van der Waals surface area contributed by atoms with Crippen LogP contribution in [0.25, 0.3) is 11.5 Å². The number of nitrogens with zero attached hydrogens (tertiary/aromatic N) is 2. The lowest BCUT2D eigenvalue weighted by Crippen LogP contribution is -2.60. The molecule has 1 aromatic heterocycles. The predicted molar refractivity (Wildman–Crippen MR) is 178 cm³/mol. The summed E-state index contributed by atoms with van der Waals surface area (Å²) in [6.07, 6.45) is 7.01. The Morgan fingerprint density at radius 2 is 1.64 bits per heavy atom. The highest BCUT2D eigenvalue weighted by atomic mass is 19.1.